The first-order valence-corrected chi connectivity index (χ1v) is 9.41. The molecule has 0 unspecified atom stereocenters. The van der Waals surface area contributed by atoms with E-state index in [1.54, 1.807) is 19.2 Å². The van der Waals surface area contributed by atoms with Gasteiger partial charge in [-0.2, -0.15) is 0 Å². The molecule has 0 aromatic heterocycles. The molecule has 27 heavy (non-hydrogen) atoms. The predicted octanol–water partition coefficient (Wildman–Crippen LogP) is 6.85. The maximum absolute atomic E-state index is 6.04. The summed E-state index contributed by atoms with van der Waals surface area (Å²) in [5, 5.41) is 5.05. The molecule has 3 aromatic carbocycles. The Morgan fingerprint density at radius 2 is 1.67 bits per heavy atom. The molecule has 6 heteroatoms. The molecular formula is C21H18Cl3NO2. The van der Waals surface area contributed by atoms with Crippen LogP contribution in [-0.2, 0) is 13.2 Å². The monoisotopic (exact) mass is 421 g/mol. The second kappa shape index (κ2) is 9.23. The SMILES string of the molecule is COc1cc(CNc2ccc(Cl)c(Cl)c2)ccc1OCc1cccc(Cl)c1. The standard InChI is InChI=1S/C21H18Cl3NO2/c1-26-21-10-14(12-25-17-6-7-18(23)19(24)11-17)5-8-20(21)27-13-15-3-2-4-16(22)9-15/h2-11,25H,12-13H2,1H3. The zero-order valence-corrected chi connectivity index (χ0v) is 16.9. The second-order valence-corrected chi connectivity index (χ2v) is 7.14. The van der Waals surface area contributed by atoms with E-state index in [1.165, 1.54) is 0 Å². The average Bonchev–Trinajstić information content (AvgIpc) is 2.67. The number of hydrogen-bond donors (Lipinski definition) is 1. The van der Waals surface area contributed by atoms with Crippen LogP contribution in [0.3, 0.4) is 0 Å². The lowest BCUT2D eigenvalue weighted by Gasteiger charge is -2.13. The molecule has 0 bridgehead atoms. The van der Waals surface area contributed by atoms with Crippen LogP contribution in [0.2, 0.25) is 15.1 Å². The van der Waals surface area contributed by atoms with Crippen LogP contribution in [0.25, 0.3) is 0 Å². The van der Waals surface area contributed by atoms with Crippen LogP contribution in [0.4, 0.5) is 5.69 Å². The van der Waals surface area contributed by atoms with E-state index >= 15 is 0 Å². The van der Waals surface area contributed by atoms with Gasteiger partial charge in [0.25, 0.3) is 0 Å². The van der Waals surface area contributed by atoms with Gasteiger partial charge in [0.05, 0.1) is 17.2 Å². The van der Waals surface area contributed by atoms with E-state index in [2.05, 4.69) is 5.32 Å². The van der Waals surface area contributed by atoms with E-state index in [4.69, 9.17) is 44.3 Å². The number of anilines is 1. The van der Waals surface area contributed by atoms with Gasteiger partial charge in [-0.15, -0.1) is 0 Å². The average molecular weight is 423 g/mol. The van der Waals surface area contributed by atoms with E-state index in [0.29, 0.717) is 39.7 Å². The molecule has 0 aliphatic heterocycles. The van der Waals surface area contributed by atoms with Gasteiger partial charge in [0.1, 0.15) is 6.61 Å². The van der Waals surface area contributed by atoms with Crippen molar-refractivity contribution in [2.24, 2.45) is 0 Å². The van der Waals surface area contributed by atoms with E-state index < -0.39 is 0 Å². The molecule has 3 nitrogen and oxygen atoms in total. The van der Waals surface area contributed by atoms with Gasteiger partial charge < -0.3 is 14.8 Å². The van der Waals surface area contributed by atoms with Crippen molar-refractivity contribution in [3.63, 3.8) is 0 Å². The maximum atomic E-state index is 6.04. The summed E-state index contributed by atoms with van der Waals surface area (Å²) < 4.78 is 11.3. The summed E-state index contributed by atoms with van der Waals surface area (Å²) in [5.74, 6) is 1.35. The fourth-order valence-corrected chi connectivity index (χ4v) is 3.05. The van der Waals surface area contributed by atoms with Crippen LogP contribution in [-0.4, -0.2) is 7.11 Å². The predicted molar refractivity (Wildman–Crippen MR) is 113 cm³/mol. The van der Waals surface area contributed by atoms with E-state index in [0.717, 1.165) is 16.8 Å². The summed E-state index contributed by atoms with van der Waals surface area (Å²) in [7, 11) is 1.62. The third-order valence-corrected chi connectivity index (χ3v) is 4.90. The van der Waals surface area contributed by atoms with Crippen LogP contribution in [0, 0.1) is 0 Å². The highest BCUT2D eigenvalue weighted by Crippen LogP contribution is 2.30. The van der Waals surface area contributed by atoms with E-state index in [1.807, 2.05) is 48.5 Å². The van der Waals surface area contributed by atoms with Crippen molar-refractivity contribution in [2.45, 2.75) is 13.2 Å². The summed E-state index contributed by atoms with van der Waals surface area (Å²) in [6.45, 7) is 1.03. The highest BCUT2D eigenvalue weighted by Gasteiger charge is 2.07. The lowest BCUT2D eigenvalue weighted by atomic mass is 10.2. The zero-order valence-electron chi connectivity index (χ0n) is 14.6. The van der Waals surface area contributed by atoms with Gasteiger partial charge in [-0.3, -0.25) is 0 Å². The normalized spacial score (nSPS) is 10.5. The summed E-state index contributed by atoms with van der Waals surface area (Å²) in [4.78, 5) is 0. The molecule has 0 fully saturated rings. The highest BCUT2D eigenvalue weighted by atomic mass is 35.5. The van der Waals surface area contributed by atoms with Gasteiger partial charge in [-0.25, -0.2) is 0 Å². The zero-order chi connectivity index (χ0) is 19.2. The smallest absolute Gasteiger partial charge is 0.161 e. The second-order valence-electron chi connectivity index (χ2n) is 5.89. The molecule has 0 heterocycles. The molecule has 0 radical (unpaired) electrons. The van der Waals surface area contributed by atoms with Crippen molar-refractivity contribution in [3.8, 4) is 11.5 Å². The lowest BCUT2D eigenvalue weighted by molar-refractivity contribution is 0.284. The van der Waals surface area contributed by atoms with Gasteiger partial charge in [-0.1, -0.05) is 53.0 Å². The number of rotatable bonds is 7. The quantitative estimate of drug-likeness (QED) is 0.452. The Balaban J connectivity index is 1.65. The Kier molecular flexibility index (Phi) is 6.73. The van der Waals surface area contributed by atoms with Crippen molar-refractivity contribution < 1.29 is 9.47 Å². The molecule has 1 N–H and O–H groups in total. The first-order valence-electron chi connectivity index (χ1n) is 8.28. The highest BCUT2D eigenvalue weighted by molar-refractivity contribution is 6.42. The Hall–Kier alpha value is -2.07. The molecule has 0 spiro atoms. The first kappa shape index (κ1) is 19.7. The Morgan fingerprint density at radius 1 is 0.815 bits per heavy atom. The number of nitrogens with one attached hydrogen (secondary N) is 1. The van der Waals surface area contributed by atoms with Crippen molar-refractivity contribution in [1.29, 1.82) is 0 Å². The lowest BCUT2D eigenvalue weighted by Crippen LogP contribution is -2.02. The molecular weight excluding hydrogens is 405 g/mol. The van der Waals surface area contributed by atoms with E-state index in [9.17, 15) is 0 Å². The van der Waals surface area contributed by atoms with Crippen LogP contribution >= 0.6 is 34.8 Å². The Labute approximate surface area is 173 Å². The third kappa shape index (κ3) is 5.46. The topological polar surface area (TPSA) is 30.5 Å². The molecule has 0 aliphatic carbocycles. The fourth-order valence-electron chi connectivity index (χ4n) is 2.54. The first-order chi connectivity index (χ1) is 13.0. The van der Waals surface area contributed by atoms with Crippen molar-refractivity contribution in [2.75, 3.05) is 12.4 Å². The summed E-state index contributed by atoms with van der Waals surface area (Å²) >= 11 is 18.0. The minimum absolute atomic E-state index is 0.414. The van der Waals surface area contributed by atoms with Gasteiger partial charge in [0.2, 0.25) is 0 Å². The summed E-state index contributed by atoms with van der Waals surface area (Å²) in [5.41, 5.74) is 2.94. The molecule has 0 saturated heterocycles. The fraction of sp³-hybridized carbons (Fsp3) is 0.143. The van der Waals surface area contributed by atoms with E-state index in [-0.39, 0.29) is 0 Å². The van der Waals surface area contributed by atoms with Crippen LogP contribution in [0.5, 0.6) is 11.5 Å². The van der Waals surface area contributed by atoms with Gasteiger partial charge in [0.15, 0.2) is 11.5 Å². The maximum Gasteiger partial charge on any atom is 0.161 e. The molecule has 0 saturated carbocycles. The summed E-state index contributed by atoms with van der Waals surface area (Å²) in [6.07, 6.45) is 0. The molecule has 140 valence electrons. The third-order valence-electron chi connectivity index (χ3n) is 3.93. The van der Waals surface area contributed by atoms with Crippen LogP contribution in [0.1, 0.15) is 11.1 Å². The molecule has 3 rings (SSSR count). The largest absolute Gasteiger partial charge is 0.493 e. The number of hydrogen-bond acceptors (Lipinski definition) is 3. The Bertz CT molecular complexity index is 931. The minimum atomic E-state index is 0.414. The molecule has 0 amide bonds. The van der Waals surface area contributed by atoms with Gasteiger partial charge >= 0.3 is 0 Å². The molecule has 0 aliphatic rings. The number of ether oxygens (including phenoxy) is 2. The molecule has 0 atom stereocenters. The van der Waals surface area contributed by atoms with Crippen molar-refractivity contribution in [3.05, 3.63) is 86.9 Å². The van der Waals surface area contributed by atoms with Crippen molar-refractivity contribution in [1.82, 2.24) is 0 Å². The number of halogens is 3. The van der Waals surface area contributed by atoms with Crippen LogP contribution in [0.15, 0.2) is 60.7 Å². The summed E-state index contributed by atoms with van der Waals surface area (Å²) in [6, 6.07) is 18.8. The van der Waals surface area contributed by atoms with Gasteiger partial charge in [-0.05, 0) is 53.6 Å². The van der Waals surface area contributed by atoms with Crippen LogP contribution < -0.4 is 14.8 Å². The number of benzene rings is 3. The molecule has 3 aromatic rings. The number of methoxy groups -OCH3 is 1. The minimum Gasteiger partial charge on any atom is -0.493 e. The Morgan fingerprint density at radius 3 is 2.41 bits per heavy atom. The van der Waals surface area contributed by atoms with Gasteiger partial charge in [0, 0.05) is 17.3 Å². The van der Waals surface area contributed by atoms with Crippen molar-refractivity contribution >= 4 is 40.5 Å².